The Morgan fingerprint density at radius 1 is 1.25 bits per heavy atom. The van der Waals surface area contributed by atoms with Crippen LogP contribution in [0.5, 0.6) is 5.75 Å². The highest BCUT2D eigenvalue weighted by atomic mass is 19.3. The van der Waals surface area contributed by atoms with E-state index in [0.717, 1.165) is 12.2 Å². The maximum atomic E-state index is 14.4. The highest BCUT2D eigenvalue weighted by Gasteiger charge is 2.13. The molecule has 1 aromatic carbocycles. The lowest BCUT2D eigenvalue weighted by molar-refractivity contribution is -0.0498. The van der Waals surface area contributed by atoms with Crippen molar-refractivity contribution in [3.8, 4) is 17.0 Å². The minimum absolute atomic E-state index is 0.0296. The summed E-state index contributed by atoms with van der Waals surface area (Å²) in [7, 11) is 1.95. The summed E-state index contributed by atoms with van der Waals surface area (Å²) in [5.41, 5.74) is 1.22. The summed E-state index contributed by atoms with van der Waals surface area (Å²) >= 11 is 0. The molecule has 2 heterocycles. The Balaban J connectivity index is 1.78. The Hall–Kier alpha value is -2.70. The van der Waals surface area contributed by atoms with Crippen LogP contribution in [0.1, 0.15) is 5.56 Å². The first-order chi connectivity index (χ1) is 11.5. The van der Waals surface area contributed by atoms with E-state index in [-0.39, 0.29) is 11.4 Å². The molecule has 2 aromatic rings. The number of alkyl halides is 2. The van der Waals surface area contributed by atoms with E-state index < -0.39 is 12.4 Å². The number of halogens is 3. The third kappa shape index (κ3) is 3.79. The van der Waals surface area contributed by atoms with Crippen molar-refractivity contribution in [1.29, 1.82) is 0 Å². The van der Waals surface area contributed by atoms with Gasteiger partial charge in [0.25, 0.3) is 0 Å². The van der Waals surface area contributed by atoms with Gasteiger partial charge in [-0.15, -0.1) is 0 Å². The summed E-state index contributed by atoms with van der Waals surface area (Å²) in [5.74, 6) is -0.531. The smallest absolute Gasteiger partial charge is 0.387 e. The highest BCUT2D eigenvalue weighted by Crippen LogP contribution is 2.26. The minimum atomic E-state index is -2.92. The van der Waals surface area contributed by atoms with Gasteiger partial charge in [-0.05, 0) is 23.8 Å². The van der Waals surface area contributed by atoms with Crippen LogP contribution in [0.25, 0.3) is 11.3 Å². The molecule has 7 heteroatoms. The maximum absolute atomic E-state index is 14.4. The summed E-state index contributed by atoms with van der Waals surface area (Å²) in [6.07, 6.45) is 5.45. The Kier molecular flexibility index (Phi) is 4.59. The fourth-order valence-corrected chi connectivity index (χ4v) is 2.52. The van der Waals surface area contributed by atoms with Crippen molar-refractivity contribution in [3.63, 3.8) is 0 Å². The zero-order chi connectivity index (χ0) is 17.1. The number of rotatable bonds is 5. The zero-order valence-electron chi connectivity index (χ0n) is 13.0. The normalized spacial score (nSPS) is 13.9. The summed E-state index contributed by atoms with van der Waals surface area (Å²) < 4.78 is 43.3. The van der Waals surface area contributed by atoms with Crippen LogP contribution in [0.15, 0.2) is 48.9 Å². The molecule has 0 amide bonds. The van der Waals surface area contributed by atoms with Gasteiger partial charge in [0.05, 0.1) is 6.67 Å². The molecular weight excluding hydrogens is 319 g/mol. The molecule has 0 aliphatic carbocycles. The second-order valence-corrected chi connectivity index (χ2v) is 5.52. The molecule has 0 unspecified atom stereocenters. The van der Waals surface area contributed by atoms with E-state index in [2.05, 4.69) is 9.72 Å². The first-order valence-corrected chi connectivity index (χ1v) is 7.33. The molecule has 0 atom stereocenters. The predicted molar refractivity (Wildman–Crippen MR) is 83.6 cm³/mol. The van der Waals surface area contributed by atoms with Crippen LogP contribution in [-0.2, 0) is 6.54 Å². The molecule has 4 nitrogen and oxygen atoms in total. The van der Waals surface area contributed by atoms with Gasteiger partial charge in [-0.2, -0.15) is 8.78 Å². The number of hydrogen-bond acceptors (Lipinski definition) is 4. The second kappa shape index (κ2) is 6.82. The monoisotopic (exact) mass is 335 g/mol. The highest BCUT2D eigenvalue weighted by molar-refractivity contribution is 5.61. The molecule has 0 bridgehead atoms. The van der Waals surface area contributed by atoms with Crippen LogP contribution in [0.4, 0.5) is 13.2 Å². The average Bonchev–Trinajstić information content (AvgIpc) is 2.92. The molecule has 1 aliphatic rings. The molecule has 0 saturated heterocycles. The predicted octanol–water partition coefficient (Wildman–Crippen LogP) is 3.67. The molecule has 0 radical (unpaired) electrons. The van der Waals surface area contributed by atoms with Gasteiger partial charge in [0, 0.05) is 37.8 Å². The van der Waals surface area contributed by atoms with Gasteiger partial charge in [-0.25, -0.2) is 4.39 Å². The summed E-state index contributed by atoms with van der Waals surface area (Å²) in [6, 6.07) is 7.26. The topological polar surface area (TPSA) is 28.6 Å². The SMILES string of the molecule is CN1C=CN(Cc2cnc(-c3cccc(OC(F)F)c3)c(F)c2)C1. The van der Waals surface area contributed by atoms with Crippen molar-refractivity contribution in [1.82, 2.24) is 14.8 Å². The van der Waals surface area contributed by atoms with E-state index in [1.54, 1.807) is 12.3 Å². The van der Waals surface area contributed by atoms with Gasteiger partial charge < -0.3 is 14.5 Å². The van der Waals surface area contributed by atoms with Crippen LogP contribution in [0, 0.1) is 5.82 Å². The Labute approximate surface area is 137 Å². The maximum Gasteiger partial charge on any atom is 0.387 e. The van der Waals surface area contributed by atoms with Gasteiger partial charge in [0.2, 0.25) is 0 Å². The van der Waals surface area contributed by atoms with Crippen LogP contribution >= 0.6 is 0 Å². The number of aromatic nitrogens is 1. The van der Waals surface area contributed by atoms with Crippen molar-refractivity contribution in [2.24, 2.45) is 0 Å². The first kappa shape index (κ1) is 16.2. The quantitative estimate of drug-likeness (QED) is 0.834. The van der Waals surface area contributed by atoms with E-state index in [1.807, 2.05) is 29.2 Å². The van der Waals surface area contributed by atoms with Gasteiger partial charge in [0.1, 0.15) is 17.3 Å². The van der Waals surface area contributed by atoms with Crippen LogP contribution < -0.4 is 4.74 Å². The van der Waals surface area contributed by atoms with Crippen LogP contribution in [0.2, 0.25) is 0 Å². The largest absolute Gasteiger partial charge is 0.435 e. The Bertz CT molecular complexity index is 752. The van der Waals surface area contributed by atoms with Crippen LogP contribution in [-0.4, -0.2) is 35.1 Å². The third-order valence-corrected chi connectivity index (χ3v) is 3.55. The number of hydrogen-bond donors (Lipinski definition) is 0. The second-order valence-electron chi connectivity index (χ2n) is 5.52. The van der Waals surface area contributed by atoms with Gasteiger partial charge in [0.15, 0.2) is 0 Å². The van der Waals surface area contributed by atoms with Gasteiger partial charge in [-0.1, -0.05) is 12.1 Å². The minimum Gasteiger partial charge on any atom is -0.435 e. The van der Waals surface area contributed by atoms with E-state index >= 15 is 0 Å². The molecule has 0 fully saturated rings. The standard InChI is InChI=1S/C17H16F3N3O/c1-22-5-6-23(11-22)10-12-7-15(18)16(21-9-12)13-3-2-4-14(8-13)24-17(19)20/h2-9,17H,10-11H2,1H3. The fourth-order valence-electron chi connectivity index (χ4n) is 2.52. The van der Waals surface area contributed by atoms with E-state index in [1.165, 1.54) is 24.3 Å². The summed E-state index contributed by atoms with van der Waals surface area (Å²) in [5, 5.41) is 0. The molecule has 0 saturated carbocycles. The van der Waals surface area contributed by atoms with Crippen molar-refractivity contribution in [2.45, 2.75) is 13.2 Å². The van der Waals surface area contributed by atoms with Gasteiger partial charge in [-0.3, -0.25) is 4.98 Å². The van der Waals surface area contributed by atoms with Crippen LogP contribution in [0.3, 0.4) is 0 Å². The lowest BCUT2D eigenvalue weighted by Crippen LogP contribution is -2.22. The molecule has 0 spiro atoms. The Morgan fingerprint density at radius 3 is 2.75 bits per heavy atom. The fraction of sp³-hybridized carbons (Fsp3) is 0.235. The molecular formula is C17H16F3N3O. The molecule has 24 heavy (non-hydrogen) atoms. The van der Waals surface area contributed by atoms with E-state index in [4.69, 9.17) is 0 Å². The van der Waals surface area contributed by atoms with Crippen molar-refractivity contribution in [2.75, 3.05) is 13.7 Å². The first-order valence-electron chi connectivity index (χ1n) is 7.33. The third-order valence-electron chi connectivity index (χ3n) is 3.55. The lowest BCUT2D eigenvalue weighted by Gasteiger charge is -2.18. The number of benzene rings is 1. The number of pyridine rings is 1. The van der Waals surface area contributed by atoms with E-state index in [0.29, 0.717) is 12.1 Å². The van der Waals surface area contributed by atoms with Crippen molar-refractivity contribution < 1.29 is 17.9 Å². The number of nitrogens with zero attached hydrogens (tertiary/aromatic N) is 3. The molecule has 1 aliphatic heterocycles. The van der Waals surface area contributed by atoms with E-state index in [9.17, 15) is 13.2 Å². The molecule has 1 aromatic heterocycles. The molecule has 126 valence electrons. The van der Waals surface area contributed by atoms with Gasteiger partial charge >= 0.3 is 6.61 Å². The average molecular weight is 335 g/mol. The van der Waals surface area contributed by atoms with Crippen molar-refractivity contribution in [3.05, 3.63) is 60.3 Å². The summed E-state index contributed by atoms with van der Waals surface area (Å²) in [6.45, 7) is -1.65. The number of ether oxygens (including phenoxy) is 1. The molecule has 0 N–H and O–H groups in total. The summed E-state index contributed by atoms with van der Waals surface area (Å²) in [4.78, 5) is 8.18. The lowest BCUT2D eigenvalue weighted by atomic mass is 10.1. The zero-order valence-corrected chi connectivity index (χ0v) is 13.0. The molecule has 3 rings (SSSR count). The Morgan fingerprint density at radius 2 is 2.08 bits per heavy atom. The van der Waals surface area contributed by atoms with Crippen molar-refractivity contribution >= 4 is 0 Å².